The quantitative estimate of drug-likeness (QED) is 0.568. The van der Waals surface area contributed by atoms with Crippen LogP contribution >= 0.6 is 11.3 Å². The van der Waals surface area contributed by atoms with Gasteiger partial charge in [-0.2, -0.15) is 5.10 Å². The van der Waals surface area contributed by atoms with Gasteiger partial charge in [-0.15, -0.1) is 11.3 Å². The predicted molar refractivity (Wildman–Crippen MR) is 96.7 cm³/mol. The molecule has 0 saturated heterocycles. The first-order valence-corrected chi connectivity index (χ1v) is 8.85. The highest BCUT2D eigenvalue weighted by atomic mass is 32.1. The summed E-state index contributed by atoms with van der Waals surface area (Å²) in [6, 6.07) is 11.5. The van der Waals surface area contributed by atoms with Crippen molar-refractivity contribution in [2.45, 2.75) is 13.0 Å². The molecule has 0 radical (unpaired) electrons. The number of thiazole rings is 1. The van der Waals surface area contributed by atoms with Crippen LogP contribution in [0.25, 0.3) is 16.5 Å². The average Bonchev–Trinajstić information content (AvgIpc) is 3.41. The molecule has 26 heavy (non-hydrogen) atoms. The maximum atomic E-state index is 12.1. The number of nitrogens with one attached hydrogen (secondary N) is 1. The van der Waals surface area contributed by atoms with Crippen LogP contribution in [0.1, 0.15) is 11.3 Å². The molecule has 0 fully saturated rings. The first kappa shape index (κ1) is 16.2. The molecule has 0 bridgehead atoms. The summed E-state index contributed by atoms with van der Waals surface area (Å²) in [6.07, 6.45) is 4.98. The van der Waals surface area contributed by atoms with Gasteiger partial charge in [-0.1, -0.05) is 12.1 Å². The van der Waals surface area contributed by atoms with E-state index >= 15 is 0 Å². The van der Waals surface area contributed by atoms with Gasteiger partial charge < -0.3 is 9.73 Å². The summed E-state index contributed by atoms with van der Waals surface area (Å²) in [6.45, 7) is 0.464. The molecule has 1 amide bonds. The van der Waals surface area contributed by atoms with E-state index in [1.807, 2.05) is 41.8 Å². The molecule has 0 aliphatic carbocycles. The largest absolute Gasteiger partial charge is 0.462 e. The zero-order valence-corrected chi connectivity index (χ0v) is 14.5. The third-order valence-corrected chi connectivity index (χ3v) is 4.64. The van der Waals surface area contributed by atoms with Crippen molar-refractivity contribution in [1.29, 1.82) is 0 Å². The topological polar surface area (TPSA) is 85.8 Å². The van der Waals surface area contributed by atoms with Crippen LogP contribution in [-0.2, 0) is 17.8 Å². The van der Waals surface area contributed by atoms with Gasteiger partial charge in [-0.3, -0.25) is 4.79 Å². The summed E-state index contributed by atoms with van der Waals surface area (Å²) in [7, 11) is 0. The lowest BCUT2D eigenvalue weighted by molar-refractivity contribution is -0.120. The van der Waals surface area contributed by atoms with Crippen molar-refractivity contribution in [2.75, 3.05) is 0 Å². The Morgan fingerprint density at radius 3 is 2.85 bits per heavy atom. The van der Waals surface area contributed by atoms with Crippen molar-refractivity contribution in [3.8, 4) is 16.5 Å². The molecule has 0 saturated carbocycles. The second kappa shape index (κ2) is 7.32. The third kappa shape index (κ3) is 3.70. The fourth-order valence-corrected chi connectivity index (χ4v) is 3.22. The van der Waals surface area contributed by atoms with Gasteiger partial charge >= 0.3 is 0 Å². The summed E-state index contributed by atoms with van der Waals surface area (Å²) < 4.78 is 7.00. The minimum atomic E-state index is -0.0679. The van der Waals surface area contributed by atoms with Crippen molar-refractivity contribution in [3.63, 3.8) is 0 Å². The summed E-state index contributed by atoms with van der Waals surface area (Å²) in [5.41, 5.74) is 2.67. The van der Waals surface area contributed by atoms with E-state index in [1.165, 1.54) is 17.7 Å². The van der Waals surface area contributed by atoms with E-state index in [4.69, 9.17) is 4.42 Å². The van der Waals surface area contributed by atoms with Crippen molar-refractivity contribution in [2.24, 2.45) is 0 Å². The summed E-state index contributed by atoms with van der Waals surface area (Å²) in [5, 5.41) is 9.65. The van der Waals surface area contributed by atoms with Crippen LogP contribution < -0.4 is 5.32 Å². The molecule has 3 aromatic heterocycles. The number of hydrogen-bond acceptors (Lipinski definition) is 6. The second-order valence-corrected chi connectivity index (χ2v) is 6.44. The van der Waals surface area contributed by atoms with Crippen LogP contribution in [0.3, 0.4) is 0 Å². The van der Waals surface area contributed by atoms with E-state index in [1.54, 1.807) is 17.3 Å². The zero-order chi connectivity index (χ0) is 17.8. The highest BCUT2D eigenvalue weighted by molar-refractivity contribution is 7.13. The van der Waals surface area contributed by atoms with Gasteiger partial charge in [0.25, 0.3) is 0 Å². The lowest BCUT2D eigenvalue weighted by atomic mass is 10.2. The number of carbonyl (C=O) groups is 1. The fraction of sp³-hybridized carbons (Fsp3) is 0.111. The Morgan fingerprint density at radius 2 is 2.12 bits per heavy atom. The summed E-state index contributed by atoms with van der Waals surface area (Å²) >= 11 is 1.47. The molecule has 8 heteroatoms. The normalized spacial score (nSPS) is 10.8. The molecule has 0 aliphatic heterocycles. The molecule has 0 atom stereocenters. The minimum absolute atomic E-state index is 0.0679. The SMILES string of the molecule is O=C(Cc1csc(-c2ccco2)n1)NCc1ccc(-n2cncn2)cc1. The Labute approximate surface area is 153 Å². The van der Waals surface area contributed by atoms with Gasteiger partial charge in [0, 0.05) is 11.9 Å². The van der Waals surface area contributed by atoms with Crippen LogP contribution in [0.5, 0.6) is 0 Å². The smallest absolute Gasteiger partial charge is 0.226 e. The van der Waals surface area contributed by atoms with Gasteiger partial charge in [0.2, 0.25) is 5.91 Å². The zero-order valence-electron chi connectivity index (χ0n) is 13.7. The van der Waals surface area contributed by atoms with E-state index < -0.39 is 0 Å². The molecule has 1 aromatic carbocycles. The van der Waals surface area contributed by atoms with E-state index in [2.05, 4.69) is 20.4 Å². The van der Waals surface area contributed by atoms with Crippen molar-refractivity contribution >= 4 is 17.2 Å². The standard InChI is InChI=1S/C18H15N5O2S/c24-17(8-14-10-26-18(22-14)16-2-1-7-25-16)20-9-13-3-5-15(6-4-13)23-12-19-11-21-23/h1-7,10-12H,8-9H2,(H,20,24). The Hall–Kier alpha value is -3.26. The van der Waals surface area contributed by atoms with E-state index in [0.717, 1.165) is 22.0 Å². The van der Waals surface area contributed by atoms with Crippen LogP contribution in [0.15, 0.2) is 65.1 Å². The molecule has 1 N–H and O–H groups in total. The molecule has 4 aromatic rings. The average molecular weight is 365 g/mol. The highest BCUT2D eigenvalue weighted by Gasteiger charge is 2.10. The number of aromatic nitrogens is 4. The molecule has 130 valence electrons. The molecule has 0 aliphatic rings. The van der Waals surface area contributed by atoms with Crippen LogP contribution in [0.4, 0.5) is 0 Å². The molecule has 7 nitrogen and oxygen atoms in total. The second-order valence-electron chi connectivity index (χ2n) is 5.58. The van der Waals surface area contributed by atoms with Crippen LogP contribution in [-0.4, -0.2) is 25.7 Å². The van der Waals surface area contributed by atoms with Crippen molar-refractivity contribution in [1.82, 2.24) is 25.1 Å². The first-order chi connectivity index (χ1) is 12.8. The Morgan fingerprint density at radius 1 is 1.23 bits per heavy atom. The minimum Gasteiger partial charge on any atom is -0.462 e. The highest BCUT2D eigenvalue weighted by Crippen LogP contribution is 2.24. The number of amides is 1. The predicted octanol–water partition coefficient (Wildman–Crippen LogP) is 2.84. The maximum Gasteiger partial charge on any atom is 0.226 e. The van der Waals surface area contributed by atoms with Crippen LogP contribution in [0, 0.1) is 0 Å². The number of benzene rings is 1. The monoisotopic (exact) mass is 365 g/mol. The number of rotatable bonds is 6. The van der Waals surface area contributed by atoms with Gasteiger partial charge in [0.05, 0.1) is 24.1 Å². The number of hydrogen-bond donors (Lipinski definition) is 1. The first-order valence-electron chi connectivity index (χ1n) is 7.97. The van der Waals surface area contributed by atoms with E-state index in [0.29, 0.717) is 12.3 Å². The lowest BCUT2D eigenvalue weighted by Gasteiger charge is -2.06. The van der Waals surface area contributed by atoms with Gasteiger partial charge in [0.1, 0.15) is 12.7 Å². The Kier molecular flexibility index (Phi) is 4.57. The summed E-state index contributed by atoms with van der Waals surface area (Å²) in [5.74, 6) is 0.649. The molecule has 4 rings (SSSR count). The Balaban J connectivity index is 1.31. The summed E-state index contributed by atoms with van der Waals surface area (Å²) in [4.78, 5) is 20.5. The van der Waals surface area contributed by atoms with E-state index in [-0.39, 0.29) is 12.3 Å². The molecular weight excluding hydrogens is 350 g/mol. The molecular formula is C18H15N5O2S. The lowest BCUT2D eigenvalue weighted by Crippen LogP contribution is -2.24. The van der Waals surface area contributed by atoms with Gasteiger partial charge in [0.15, 0.2) is 10.8 Å². The number of furan rings is 1. The Bertz CT molecular complexity index is 975. The maximum absolute atomic E-state index is 12.1. The number of nitrogens with zero attached hydrogens (tertiary/aromatic N) is 4. The number of carbonyl (C=O) groups excluding carboxylic acids is 1. The van der Waals surface area contributed by atoms with Crippen molar-refractivity contribution < 1.29 is 9.21 Å². The fourth-order valence-electron chi connectivity index (χ4n) is 2.44. The molecule has 0 spiro atoms. The van der Waals surface area contributed by atoms with Gasteiger partial charge in [-0.05, 0) is 29.8 Å². The molecule has 0 unspecified atom stereocenters. The molecule has 3 heterocycles. The van der Waals surface area contributed by atoms with Gasteiger partial charge in [-0.25, -0.2) is 14.6 Å². The van der Waals surface area contributed by atoms with Crippen LogP contribution in [0.2, 0.25) is 0 Å². The third-order valence-electron chi connectivity index (χ3n) is 3.73. The van der Waals surface area contributed by atoms with Crippen molar-refractivity contribution in [3.05, 3.63) is 72.0 Å². The van der Waals surface area contributed by atoms with E-state index in [9.17, 15) is 4.79 Å².